The molecule has 0 saturated heterocycles. The van der Waals surface area contributed by atoms with Gasteiger partial charge in [-0.3, -0.25) is 0 Å². The smallest absolute Gasteiger partial charge is 0.343 e. The molecule has 0 aliphatic heterocycles. The molecule has 0 N–H and O–H groups in total. The Kier molecular flexibility index (Phi) is 19.8. The van der Waals surface area contributed by atoms with Crippen LogP contribution in [0, 0.1) is 0 Å². The second kappa shape index (κ2) is 23.3. The highest BCUT2D eigenvalue weighted by molar-refractivity contribution is 5.91. The van der Waals surface area contributed by atoms with E-state index in [0.717, 1.165) is 31.4 Å². The lowest BCUT2D eigenvalue weighted by atomic mass is 10.0. The molecule has 0 saturated carbocycles. The first kappa shape index (κ1) is 34.9. The van der Waals surface area contributed by atoms with Crippen molar-refractivity contribution in [1.82, 2.24) is 0 Å². The van der Waals surface area contributed by atoms with Crippen LogP contribution >= 0.6 is 0 Å². The third kappa shape index (κ3) is 16.0. The van der Waals surface area contributed by atoms with E-state index in [0.29, 0.717) is 23.7 Å². The van der Waals surface area contributed by atoms with Gasteiger partial charge in [0, 0.05) is 6.61 Å². The highest BCUT2D eigenvalue weighted by Crippen LogP contribution is 2.28. The summed E-state index contributed by atoms with van der Waals surface area (Å²) in [5, 5.41) is 0. The number of ether oxygens (including phenoxy) is 3. The minimum absolute atomic E-state index is 0.00380. The fourth-order valence-corrected chi connectivity index (χ4v) is 5.04. The fraction of sp³-hybridized carbons (Fsp3) is 0.649. The van der Waals surface area contributed by atoms with E-state index in [4.69, 9.17) is 14.2 Å². The Labute approximate surface area is 251 Å². The van der Waals surface area contributed by atoms with Gasteiger partial charge in [0.15, 0.2) is 11.5 Å². The molecule has 0 spiro atoms. The second-order valence-electron chi connectivity index (χ2n) is 11.5. The zero-order valence-electron chi connectivity index (χ0n) is 26.5. The van der Waals surface area contributed by atoms with Crippen LogP contribution in [-0.4, -0.2) is 19.2 Å². The van der Waals surface area contributed by atoms with E-state index in [9.17, 15) is 4.79 Å². The van der Waals surface area contributed by atoms with Crippen molar-refractivity contribution in [3.05, 3.63) is 59.7 Å². The topological polar surface area (TPSA) is 44.8 Å². The molecule has 2 aromatic carbocycles. The quantitative estimate of drug-likeness (QED) is 0.0681. The largest absolute Gasteiger partial charge is 0.490 e. The van der Waals surface area contributed by atoms with Gasteiger partial charge in [-0.1, -0.05) is 141 Å². The molecule has 1 atom stereocenters. The highest BCUT2D eigenvalue weighted by atomic mass is 16.6. The molecule has 4 heteroatoms. The number of hydrogen-bond donors (Lipinski definition) is 0. The lowest BCUT2D eigenvalue weighted by Gasteiger charge is -2.14. The van der Waals surface area contributed by atoms with Crippen LogP contribution in [0.25, 0.3) is 0 Å². The monoisotopic (exact) mass is 566 g/mol. The Bertz CT molecular complexity index is 907. The van der Waals surface area contributed by atoms with Crippen molar-refractivity contribution in [1.29, 1.82) is 0 Å². The van der Waals surface area contributed by atoms with E-state index in [1.807, 2.05) is 42.5 Å². The van der Waals surface area contributed by atoms with Crippen LogP contribution in [0.3, 0.4) is 0 Å². The van der Waals surface area contributed by atoms with E-state index < -0.39 is 0 Å². The van der Waals surface area contributed by atoms with Crippen LogP contribution in [0.1, 0.15) is 158 Å². The summed E-state index contributed by atoms with van der Waals surface area (Å²) < 4.78 is 17.5. The van der Waals surface area contributed by atoms with Gasteiger partial charge in [-0.2, -0.15) is 0 Å². The zero-order chi connectivity index (χ0) is 29.4. The molecule has 0 fully saturated rings. The Hall–Kier alpha value is -2.33. The molecule has 0 amide bonds. The van der Waals surface area contributed by atoms with Gasteiger partial charge in [0.25, 0.3) is 0 Å². The molecule has 0 heterocycles. The molecule has 0 aliphatic rings. The van der Waals surface area contributed by atoms with Crippen molar-refractivity contribution >= 4 is 5.97 Å². The number of benzene rings is 2. The van der Waals surface area contributed by atoms with Gasteiger partial charge in [-0.25, -0.2) is 4.79 Å². The molecule has 230 valence electrons. The number of hydrogen-bond acceptors (Lipinski definition) is 4. The van der Waals surface area contributed by atoms with Crippen LogP contribution < -0.4 is 9.47 Å². The molecule has 41 heavy (non-hydrogen) atoms. The first-order chi connectivity index (χ1) is 20.2. The van der Waals surface area contributed by atoms with Gasteiger partial charge in [0.05, 0.1) is 18.3 Å². The number of carbonyl (C=O) groups excluding carboxylic acids is 1. The molecule has 2 aromatic rings. The van der Waals surface area contributed by atoms with Crippen molar-refractivity contribution in [2.45, 2.75) is 142 Å². The second-order valence-corrected chi connectivity index (χ2v) is 11.5. The maximum Gasteiger partial charge on any atom is 0.343 e. The predicted octanol–water partition coefficient (Wildman–Crippen LogP) is 11.4. The summed E-state index contributed by atoms with van der Waals surface area (Å²) in [4.78, 5) is 12.7. The van der Waals surface area contributed by atoms with E-state index in [-0.39, 0.29) is 12.1 Å². The fourth-order valence-electron chi connectivity index (χ4n) is 5.04. The number of carbonyl (C=O) groups is 1. The van der Waals surface area contributed by atoms with Gasteiger partial charge in [0.2, 0.25) is 0 Å². The van der Waals surface area contributed by atoms with Crippen molar-refractivity contribution in [2.24, 2.45) is 0 Å². The molecule has 0 radical (unpaired) electrons. The van der Waals surface area contributed by atoms with Gasteiger partial charge >= 0.3 is 5.97 Å². The number of esters is 1. The van der Waals surface area contributed by atoms with Crippen LogP contribution in [0.4, 0.5) is 0 Å². The Morgan fingerprint density at radius 3 is 1.61 bits per heavy atom. The summed E-state index contributed by atoms with van der Waals surface area (Å²) in [7, 11) is 0. The van der Waals surface area contributed by atoms with Crippen molar-refractivity contribution in [3.63, 3.8) is 0 Å². The normalized spacial score (nSPS) is 11.9. The third-order valence-corrected chi connectivity index (χ3v) is 7.79. The predicted molar refractivity (Wildman–Crippen MR) is 172 cm³/mol. The van der Waals surface area contributed by atoms with E-state index in [1.54, 1.807) is 6.07 Å². The summed E-state index contributed by atoms with van der Waals surface area (Å²) in [6.45, 7) is 7.86. The lowest BCUT2D eigenvalue weighted by molar-refractivity contribution is 0.0625. The SMILES string of the molecule is CCCCCCCCCCCCCCCCCCOC(C)c1ccc(C(=O)Oc2ccccc2OCCCC)cc1. The van der Waals surface area contributed by atoms with E-state index >= 15 is 0 Å². The van der Waals surface area contributed by atoms with E-state index in [2.05, 4.69) is 20.8 Å². The Morgan fingerprint density at radius 1 is 0.585 bits per heavy atom. The van der Waals surface area contributed by atoms with Gasteiger partial charge < -0.3 is 14.2 Å². The maximum atomic E-state index is 12.7. The molecular formula is C37H58O4. The maximum absolute atomic E-state index is 12.7. The third-order valence-electron chi connectivity index (χ3n) is 7.79. The first-order valence-electron chi connectivity index (χ1n) is 16.8. The van der Waals surface area contributed by atoms with Crippen molar-refractivity contribution in [3.8, 4) is 11.5 Å². The summed E-state index contributed by atoms with van der Waals surface area (Å²) in [5.74, 6) is 0.667. The molecule has 4 nitrogen and oxygen atoms in total. The minimum atomic E-state index is -0.384. The Morgan fingerprint density at radius 2 is 1.07 bits per heavy atom. The van der Waals surface area contributed by atoms with Crippen LogP contribution in [0.5, 0.6) is 11.5 Å². The van der Waals surface area contributed by atoms with Crippen LogP contribution in [-0.2, 0) is 4.74 Å². The van der Waals surface area contributed by atoms with Gasteiger partial charge in [-0.05, 0) is 49.6 Å². The number of rotatable bonds is 25. The molecule has 1 unspecified atom stereocenters. The average molecular weight is 567 g/mol. The summed E-state index contributed by atoms with van der Waals surface area (Å²) >= 11 is 0. The molecule has 2 rings (SSSR count). The van der Waals surface area contributed by atoms with E-state index in [1.165, 1.54) is 96.3 Å². The lowest BCUT2D eigenvalue weighted by Crippen LogP contribution is -2.10. The average Bonchev–Trinajstić information content (AvgIpc) is 2.99. The number of unbranched alkanes of at least 4 members (excludes halogenated alkanes) is 16. The zero-order valence-corrected chi connectivity index (χ0v) is 26.5. The van der Waals surface area contributed by atoms with Crippen LogP contribution in [0.2, 0.25) is 0 Å². The minimum Gasteiger partial charge on any atom is -0.490 e. The standard InChI is InChI=1S/C37H58O4/c1-4-6-8-9-10-11-12-13-14-15-16-17-18-19-20-23-31-39-32(3)33-26-28-34(29-27-33)37(38)41-36-25-22-21-24-35(36)40-30-7-5-2/h21-22,24-29,32H,4-20,23,30-31H2,1-3H3. The molecule has 0 bridgehead atoms. The Balaban J connectivity index is 1.51. The van der Waals surface area contributed by atoms with Crippen LogP contribution in [0.15, 0.2) is 48.5 Å². The van der Waals surface area contributed by atoms with Gasteiger partial charge in [-0.15, -0.1) is 0 Å². The number of para-hydroxylation sites is 2. The van der Waals surface area contributed by atoms with Crippen molar-refractivity contribution in [2.75, 3.05) is 13.2 Å². The molecule has 0 aromatic heterocycles. The molecule has 0 aliphatic carbocycles. The van der Waals surface area contributed by atoms with Gasteiger partial charge in [0.1, 0.15) is 0 Å². The molecular weight excluding hydrogens is 508 g/mol. The summed E-state index contributed by atoms with van der Waals surface area (Å²) in [6, 6.07) is 14.9. The first-order valence-corrected chi connectivity index (χ1v) is 16.8. The summed E-state index contributed by atoms with van der Waals surface area (Å²) in [6.07, 6.45) is 24.0. The summed E-state index contributed by atoms with van der Waals surface area (Å²) in [5.41, 5.74) is 1.59. The highest BCUT2D eigenvalue weighted by Gasteiger charge is 2.14. The van der Waals surface area contributed by atoms with Crippen molar-refractivity contribution < 1.29 is 19.0 Å².